The first-order chi connectivity index (χ1) is 13.2. The summed E-state index contributed by atoms with van der Waals surface area (Å²) in [5.41, 5.74) is 0.636. The fourth-order valence-corrected chi connectivity index (χ4v) is 4.22. The number of nitrogens with zero attached hydrogens (tertiary/aromatic N) is 1. The van der Waals surface area contributed by atoms with Gasteiger partial charge in [-0.05, 0) is 13.8 Å². The van der Waals surface area contributed by atoms with Crippen molar-refractivity contribution < 1.29 is 28.4 Å². The largest absolute Gasteiger partial charge is 0.475 e. The molecule has 28 heavy (non-hydrogen) atoms. The average molecular weight is 451 g/mol. The molecule has 0 saturated carbocycles. The molecule has 4 heterocycles. The van der Waals surface area contributed by atoms with Crippen LogP contribution in [0.25, 0.3) is 0 Å². The summed E-state index contributed by atoms with van der Waals surface area (Å²) in [7, 11) is 0. The Labute approximate surface area is 176 Å². The highest BCUT2D eigenvalue weighted by Crippen LogP contribution is 2.49. The molecule has 5 rings (SSSR count). The number of rotatable bonds is 1. The lowest BCUT2D eigenvalue weighted by molar-refractivity contribution is -0.360. The number of hydrogen-bond acceptors (Lipinski definition) is 7. The van der Waals surface area contributed by atoms with Crippen LogP contribution in [-0.4, -0.2) is 52.8 Å². The van der Waals surface area contributed by atoms with Gasteiger partial charge >= 0.3 is 5.91 Å². The molecule has 0 spiro atoms. The maximum atomic E-state index is 6.37. The molecule has 0 aromatic heterocycles. The lowest BCUT2D eigenvalue weighted by atomic mass is 10.0. The van der Waals surface area contributed by atoms with Crippen LogP contribution in [0, 0.1) is 0 Å². The summed E-state index contributed by atoms with van der Waals surface area (Å²) in [6, 6.07) is 9.22. The van der Waals surface area contributed by atoms with Crippen molar-refractivity contribution in [1.29, 1.82) is 0 Å². The minimum atomic E-state index is -1.88. The van der Waals surface area contributed by atoms with Crippen LogP contribution in [-0.2, 0) is 34.3 Å². The van der Waals surface area contributed by atoms with E-state index in [1.165, 1.54) is 0 Å². The number of aliphatic imine (C=N–C) groups is 1. The minimum Gasteiger partial charge on any atom is -0.475 e. The summed E-state index contributed by atoms with van der Waals surface area (Å²) in [6.45, 7) is 3.73. The maximum Gasteiger partial charge on any atom is 0.301 e. The predicted molar refractivity (Wildman–Crippen MR) is 100 cm³/mol. The first kappa shape index (κ1) is 19.3. The van der Waals surface area contributed by atoms with E-state index in [1.807, 2.05) is 44.2 Å². The number of ether oxygens (including phenoxy) is 6. The molecule has 0 N–H and O–H groups in total. The Balaban J connectivity index is 1.59. The van der Waals surface area contributed by atoms with Gasteiger partial charge in [0.05, 0.1) is 0 Å². The minimum absolute atomic E-state index is 0.0781. The van der Waals surface area contributed by atoms with Gasteiger partial charge in [0, 0.05) is 5.56 Å². The SMILES string of the molecule is CC1(C)O[C@H]2O[C@H]3[C@H](OC4(c5ccccc5)N=C(C(Cl)(Cl)Cl)OC[C@H]3O4)[C@H]2O1. The Morgan fingerprint density at radius 3 is 2.43 bits per heavy atom. The second kappa shape index (κ2) is 6.43. The molecule has 10 heteroatoms. The lowest BCUT2D eigenvalue weighted by Gasteiger charge is -2.43. The van der Waals surface area contributed by atoms with E-state index in [1.54, 1.807) is 0 Å². The summed E-state index contributed by atoms with van der Waals surface area (Å²) in [4.78, 5) is 4.48. The van der Waals surface area contributed by atoms with Gasteiger partial charge in [-0.15, -0.1) is 0 Å². The van der Waals surface area contributed by atoms with Gasteiger partial charge in [0.2, 0.25) is 5.90 Å². The quantitative estimate of drug-likeness (QED) is 0.612. The summed E-state index contributed by atoms with van der Waals surface area (Å²) < 4.78 is 34.3. The molecular weight excluding hydrogens is 433 g/mol. The highest BCUT2D eigenvalue weighted by atomic mass is 35.6. The zero-order chi connectivity index (χ0) is 19.7. The number of alkyl halides is 3. The average Bonchev–Trinajstić information content (AvgIpc) is 3.03. The third kappa shape index (κ3) is 3.13. The van der Waals surface area contributed by atoms with E-state index in [9.17, 15) is 0 Å². The highest BCUT2D eigenvalue weighted by molar-refractivity contribution is 6.76. The highest BCUT2D eigenvalue weighted by Gasteiger charge is 2.64. The van der Waals surface area contributed by atoms with E-state index >= 15 is 0 Å². The van der Waals surface area contributed by atoms with E-state index in [0.29, 0.717) is 5.56 Å². The first-order valence-electron chi connectivity index (χ1n) is 8.89. The van der Waals surface area contributed by atoms with E-state index in [2.05, 4.69) is 4.99 Å². The summed E-state index contributed by atoms with van der Waals surface area (Å²) in [5.74, 6) is -2.45. The number of halogens is 3. The molecule has 3 saturated heterocycles. The lowest BCUT2D eigenvalue weighted by Crippen LogP contribution is -2.56. The first-order valence-corrected chi connectivity index (χ1v) is 10.0. The zero-order valence-electron chi connectivity index (χ0n) is 15.0. The Hall–Kier alpha value is -0.640. The predicted octanol–water partition coefficient (Wildman–Crippen LogP) is 3.26. The Kier molecular flexibility index (Phi) is 4.44. The topological polar surface area (TPSA) is 67.7 Å². The summed E-state index contributed by atoms with van der Waals surface area (Å²) in [5, 5.41) is 0. The third-order valence-electron chi connectivity index (χ3n) is 5.01. The van der Waals surface area contributed by atoms with Gasteiger partial charge < -0.3 is 28.4 Å². The molecule has 4 aliphatic heterocycles. The molecule has 0 radical (unpaired) electrons. The normalized spacial score (nSPS) is 41.5. The zero-order valence-corrected chi connectivity index (χ0v) is 17.3. The van der Waals surface area contributed by atoms with E-state index in [0.717, 1.165) is 0 Å². The fraction of sp³-hybridized carbons (Fsp3) is 0.611. The van der Waals surface area contributed by atoms with Crippen LogP contribution in [0.4, 0.5) is 0 Å². The van der Waals surface area contributed by atoms with Crippen LogP contribution >= 0.6 is 34.8 Å². The number of hydrogen-bond donors (Lipinski definition) is 0. The fourth-order valence-electron chi connectivity index (χ4n) is 3.93. The van der Waals surface area contributed by atoms with Crippen molar-refractivity contribution >= 4 is 40.7 Å². The third-order valence-corrected chi connectivity index (χ3v) is 5.50. The second-order valence-corrected chi connectivity index (χ2v) is 9.76. The molecule has 1 aromatic carbocycles. The molecule has 6 atom stereocenters. The maximum absolute atomic E-state index is 6.37. The Morgan fingerprint density at radius 1 is 0.964 bits per heavy atom. The molecule has 7 nitrogen and oxygen atoms in total. The summed E-state index contributed by atoms with van der Waals surface area (Å²) >= 11 is 18.2. The Bertz CT molecular complexity index is 800. The molecule has 2 bridgehead atoms. The molecule has 0 amide bonds. The van der Waals surface area contributed by atoms with Gasteiger partial charge in [-0.25, -0.2) is 0 Å². The van der Waals surface area contributed by atoms with Crippen molar-refractivity contribution in [2.24, 2.45) is 4.99 Å². The molecular formula is C18H18Cl3NO6. The van der Waals surface area contributed by atoms with Gasteiger partial charge in [-0.2, -0.15) is 4.99 Å². The molecule has 0 aliphatic carbocycles. The molecule has 1 unspecified atom stereocenters. The second-order valence-electron chi connectivity index (χ2n) is 7.48. The molecule has 4 aliphatic rings. The van der Waals surface area contributed by atoms with Crippen LogP contribution in [0.5, 0.6) is 0 Å². The van der Waals surface area contributed by atoms with Crippen LogP contribution in [0.1, 0.15) is 19.4 Å². The Morgan fingerprint density at radius 2 is 1.71 bits per heavy atom. The van der Waals surface area contributed by atoms with Gasteiger partial charge in [-0.3, -0.25) is 0 Å². The van der Waals surface area contributed by atoms with Crippen molar-refractivity contribution in [3.05, 3.63) is 35.9 Å². The van der Waals surface area contributed by atoms with Crippen molar-refractivity contribution in [3.63, 3.8) is 0 Å². The monoisotopic (exact) mass is 449 g/mol. The standard InChI is InChI=1S/C18H18Cl3NO6/c1-16(2)26-13-12-11(24-14(13)28-16)10-8-23-15(17(19,20)21)22-18(25-10,27-12)9-6-4-3-5-7-9/h3-7,10-14H,8H2,1-2H3/t10-,11-,12+,13-,14-,18?/m1/s1. The van der Waals surface area contributed by atoms with Crippen molar-refractivity contribution in [2.75, 3.05) is 6.61 Å². The van der Waals surface area contributed by atoms with E-state index in [-0.39, 0.29) is 12.5 Å². The van der Waals surface area contributed by atoms with Gasteiger partial charge in [0.1, 0.15) is 31.0 Å². The number of fused-ring (bicyclic) bond motifs is 6. The molecule has 1 aromatic rings. The van der Waals surface area contributed by atoms with Crippen LogP contribution in [0.15, 0.2) is 35.3 Å². The van der Waals surface area contributed by atoms with Gasteiger partial charge in [0.25, 0.3) is 3.79 Å². The van der Waals surface area contributed by atoms with Crippen LogP contribution in [0.2, 0.25) is 0 Å². The van der Waals surface area contributed by atoms with Gasteiger partial charge in [-0.1, -0.05) is 65.1 Å². The van der Waals surface area contributed by atoms with Crippen LogP contribution in [0.3, 0.4) is 0 Å². The van der Waals surface area contributed by atoms with Crippen LogP contribution < -0.4 is 0 Å². The van der Waals surface area contributed by atoms with Crippen molar-refractivity contribution in [3.8, 4) is 0 Å². The van der Waals surface area contributed by atoms with Crippen molar-refractivity contribution in [1.82, 2.24) is 0 Å². The number of benzene rings is 1. The van der Waals surface area contributed by atoms with Crippen molar-refractivity contribution in [2.45, 2.75) is 60.0 Å². The van der Waals surface area contributed by atoms with Gasteiger partial charge in [0.15, 0.2) is 12.1 Å². The molecule has 152 valence electrons. The molecule has 3 fully saturated rings. The van der Waals surface area contributed by atoms with E-state index in [4.69, 9.17) is 63.2 Å². The van der Waals surface area contributed by atoms with E-state index < -0.39 is 46.2 Å². The smallest absolute Gasteiger partial charge is 0.301 e. The summed E-state index contributed by atoms with van der Waals surface area (Å²) in [6.07, 6.45) is -2.54.